The molecule has 17 heavy (non-hydrogen) atoms. The number of hydrogen-bond donors (Lipinski definition) is 2. The standard InChI is InChI=1S/C13H17ClN2O/c1-3-13(4-2,9-17)16-11-6-5-10(8-15)12(14)7-11/h5-7,16-17H,3-4,9H2,1-2H3. The van der Waals surface area contributed by atoms with Gasteiger partial charge in [0.15, 0.2) is 0 Å². The fraction of sp³-hybridized carbons (Fsp3) is 0.462. The van der Waals surface area contributed by atoms with Crippen molar-refractivity contribution in [2.24, 2.45) is 0 Å². The molecule has 0 fully saturated rings. The van der Waals surface area contributed by atoms with Gasteiger partial charge in [0.05, 0.1) is 22.7 Å². The number of benzene rings is 1. The molecule has 1 aromatic carbocycles. The predicted octanol–water partition coefficient (Wildman–Crippen LogP) is 3.17. The Labute approximate surface area is 107 Å². The van der Waals surface area contributed by atoms with E-state index in [2.05, 4.69) is 5.32 Å². The monoisotopic (exact) mass is 252 g/mol. The van der Waals surface area contributed by atoms with Crippen molar-refractivity contribution in [2.45, 2.75) is 32.2 Å². The van der Waals surface area contributed by atoms with Crippen LogP contribution >= 0.6 is 11.6 Å². The summed E-state index contributed by atoms with van der Waals surface area (Å²) in [7, 11) is 0. The Hall–Kier alpha value is -1.24. The second-order valence-electron chi connectivity index (χ2n) is 4.08. The van der Waals surface area contributed by atoms with Gasteiger partial charge in [0.2, 0.25) is 0 Å². The summed E-state index contributed by atoms with van der Waals surface area (Å²) in [6.07, 6.45) is 1.63. The number of aliphatic hydroxyl groups is 1. The molecule has 0 aliphatic heterocycles. The SMILES string of the molecule is CCC(CC)(CO)Nc1ccc(C#N)c(Cl)c1. The van der Waals surface area contributed by atoms with Crippen molar-refractivity contribution in [3.05, 3.63) is 28.8 Å². The lowest BCUT2D eigenvalue weighted by Crippen LogP contribution is -2.40. The van der Waals surface area contributed by atoms with Crippen LogP contribution in [0.2, 0.25) is 5.02 Å². The summed E-state index contributed by atoms with van der Waals surface area (Å²) in [6.45, 7) is 4.12. The summed E-state index contributed by atoms with van der Waals surface area (Å²) in [5.74, 6) is 0. The Balaban J connectivity index is 2.95. The maximum absolute atomic E-state index is 9.46. The number of nitriles is 1. The van der Waals surface area contributed by atoms with Crippen LogP contribution in [0.1, 0.15) is 32.3 Å². The van der Waals surface area contributed by atoms with E-state index >= 15 is 0 Å². The average Bonchev–Trinajstić information content (AvgIpc) is 2.36. The maximum atomic E-state index is 9.46. The van der Waals surface area contributed by atoms with Gasteiger partial charge in [-0.15, -0.1) is 0 Å². The summed E-state index contributed by atoms with van der Waals surface area (Å²) in [6, 6.07) is 7.22. The van der Waals surface area contributed by atoms with Crippen LogP contribution in [0.15, 0.2) is 18.2 Å². The number of nitrogens with one attached hydrogen (secondary N) is 1. The Morgan fingerprint density at radius 2 is 2.06 bits per heavy atom. The third-order valence-electron chi connectivity index (χ3n) is 3.16. The highest BCUT2D eigenvalue weighted by atomic mass is 35.5. The van der Waals surface area contributed by atoms with Gasteiger partial charge in [-0.1, -0.05) is 25.4 Å². The number of halogens is 1. The predicted molar refractivity (Wildman–Crippen MR) is 70.2 cm³/mol. The smallest absolute Gasteiger partial charge is 0.101 e. The van der Waals surface area contributed by atoms with E-state index < -0.39 is 0 Å². The highest BCUT2D eigenvalue weighted by molar-refractivity contribution is 6.32. The lowest BCUT2D eigenvalue weighted by molar-refractivity contribution is 0.202. The molecule has 1 aromatic rings. The Morgan fingerprint density at radius 3 is 2.47 bits per heavy atom. The first kappa shape index (κ1) is 13.8. The molecule has 0 bridgehead atoms. The molecular formula is C13H17ClN2O. The van der Waals surface area contributed by atoms with Crippen LogP contribution in [0.3, 0.4) is 0 Å². The van der Waals surface area contributed by atoms with Gasteiger partial charge < -0.3 is 10.4 Å². The largest absolute Gasteiger partial charge is 0.394 e. The number of hydrogen-bond acceptors (Lipinski definition) is 3. The van der Waals surface area contributed by atoms with E-state index in [0.717, 1.165) is 18.5 Å². The van der Waals surface area contributed by atoms with E-state index in [1.165, 1.54) is 0 Å². The van der Waals surface area contributed by atoms with Crippen LogP contribution in [0, 0.1) is 11.3 Å². The molecule has 0 amide bonds. The van der Waals surface area contributed by atoms with E-state index in [4.69, 9.17) is 16.9 Å². The van der Waals surface area contributed by atoms with Crippen molar-refractivity contribution in [2.75, 3.05) is 11.9 Å². The van der Waals surface area contributed by atoms with Crippen LogP contribution in [0.25, 0.3) is 0 Å². The minimum Gasteiger partial charge on any atom is -0.394 e. The van der Waals surface area contributed by atoms with E-state index in [-0.39, 0.29) is 12.1 Å². The molecule has 0 aromatic heterocycles. The molecule has 92 valence electrons. The molecule has 2 N–H and O–H groups in total. The lowest BCUT2D eigenvalue weighted by atomic mass is 9.93. The van der Waals surface area contributed by atoms with E-state index in [0.29, 0.717) is 10.6 Å². The molecule has 0 aliphatic carbocycles. The van der Waals surface area contributed by atoms with Crippen LogP contribution < -0.4 is 5.32 Å². The summed E-state index contributed by atoms with van der Waals surface area (Å²) in [5, 5.41) is 22.0. The van der Waals surface area contributed by atoms with E-state index in [1.807, 2.05) is 19.9 Å². The number of nitrogens with zero attached hydrogens (tertiary/aromatic N) is 1. The van der Waals surface area contributed by atoms with Crippen molar-refractivity contribution in [1.29, 1.82) is 5.26 Å². The van der Waals surface area contributed by atoms with Gasteiger partial charge in [-0.25, -0.2) is 0 Å². The van der Waals surface area contributed by atoms with Crippen molar-refractivity contribution in [1.82, 2.24) is 0 Å². The van der Waals surface area contributed by atoms with Crippen LogP contribution in [0.5, 0.6) is 0 Å². The van der Waals surface area contributed by atoms with Gasteiger partial charge in [-0.05, 0) is 31.0 Å². The quantitative estimate of drug-likeness (QED) is 0.846. The first-order chi connectivity index (χ1) is 8.10. The molecule has 3 nitrogen and oxygen atoms in total. The van der Waals surface area contributed by atoms with Crippen LogP contribution in [0.4, 0.5) is 5.69 Å². The van der Waals surface area contributed by atoms with E-state index in [1.54, 1.807) is 18.2 Å². The molecule has 0 unspecified atom stereocenters. The van der Waals surface area contributed by atoms with Crippen molar-refractivity contribution in [3.8, 4) is 6.07 Å². The third kappa shape index (κ3) is 3.12. The van der Waals surface area contributed by atoms with Crippen LogP contribution in [-0.4, -0.2) is 17.3 Å². The van der Waals surface area contributed by atoms with Gasteiger partial charge in [-0.2, -0.15) is 5.26 Å². The minimum atomic E-state index is -0.322. The van der Waals surface area contributed by atoms with Crippen molar-refractivity contribution >= 4 is 17.3 Å². The topological polar surface area (TPSA) is 56.0 Å². The molecule has 0 heterocycles. The molecule has 0 aliphatic rings. The molecule has 0 saturated heterocycles. The third-order valence-corrected chi connectivity index (χ3v) is 3.47. The maximum Gasteiger partial charge on any atom is 0.101 e. The molecule has 0 radical (unpaired) electrons. The molecule has 4 heteroatoms. The molecule has 0 atom stereocenters. The zero-order chi connectivity index (χ0) is 12.9. The number of aliphatic hydroxyl groups excluding tert-OH is 1. The average molecular weight is 253 g/mol. The first-order valence-electron chi connectivity index (χ1n) is 5.69. The zero-order valence-electron chi connectivity index (χ0n) is 10.1. The van der Waals surface area contributed by atoms with Crippen molar-refractivity contribution in [3.63, 3.8) is 0 Å². The first-order valence-corrected chi connectivity index (χ1v) is 6.07. The van der Waals surface area contributed by atoms with Gasteiger partial charge in [0.25, 0.3) is 0 Å². The molecule has 1 rings (SSSR count). The van der Waals surface area contributed by atoms with Gasteiger partial charge in [-0.3, -0.25) is 0 Å². The Bertz CT molecular complexity index is 414. The molecular weight excluding hydrogens is 236 g/mol. The fourth-order valence-corrected chi connectivity index (χ4v) is 1.90. The van der Waals surface area contributed by atoms with Gasteiger partial charge in [0, 0.05) is 5.69 Å². The number of anilines is 1. The van der Waals surface area contributed by atoms with Crippen molar-refractivity contribution < 1.29 is 5.11 Å². The normalized spacial score (nSPS) is 11.0. The summed E-state index contributed by atoms with van der Waals surface area (Å²) < 4.78 is 0. The summed E-state index contributed by atoms with van der Waals surface area (Å²) in [5.41, 5.74) is 0.962. The Morgan fingerprint density at radius 1 is 1.41 bits per heavy atom. The number of rotatable bonds is 5. The van der Waals surface area contributed by atoms with Gasteiger partial charge >= 0.3 is 0 Å². The van der Waals surface area contributed by atoms with Crippen LogP contribution in [-0.2, 0) is 0 Å². The minimum absolute atomic E-state index is 0.0671. The van der Waals surface area contributed by atoms with Gasteiger partial charge in [0.1, 0.15) is 6.07 Å². The fourth-order valence-electron chi connectivity index (χ4n) is 1.68. The molecule has 0 spiro atoms. The zero-order valence-corrected chi connectivity index (χ0v) is 10.9. The lowest BCUT2D eigenvalue weighted by Gasteiger charge is -2.32. The summed E-state index contributed by atoms with van der Waals surface area (Å²) >= 11 is 5.96. The Kier molecular flexibility index (Phi) is 4.80. The molecule has 0 saturated carbocycles. The van der Waals surface area contributed by atoms with E-state index in [9.17, 15) is 5.11 Å². The highest BCUT2D eigenvalue weighted by Gasteiger charge is 2.24. The summed E-state index contributed by atoms with van der Waals surface area (Å²) in [4.78, 5) is 0. The highest BCUT2D eigenvalue weighted by Crippen LogP contribution is 2.25. The second kappa shape index (κ2) is 5.90. The second-order valence-corrected chi connectivity index (χ2v) is 4.48.